The molecule has 1 rings (SSSR count). The Morgan fingerprint density at radius 2 is 2.29 bits per heavy atom. The second-order valence-electron chi connectivity index (χ2n) is 4.35. The van der Waals surface area contributed by atoms with E-state index in [0.717, 1.165) is 18.4 Å². The molecule has 0 aliphatic carbocycles. The minimum atomic E-state index is -1.42. The van der Waals surface area contributed by atoms with Gasteiger partial charge in [0.15, 0.2) is 0 Å². The van der Waals surface area contributed by atoms with Crippen LogP contribution in [0.1, 0.15) is 27.2 Å². The molecule has 0 aromatic heterocycles. The number of alkyl halides is 1. The number of hydrogen-bond donors (Lipinski definition) is 0. The minimum Gasteiger partial charge on any atom is -0.301 e. The van der Waals surface area contributed by atoms with Crippen molar-refractivity contribution in [2.45, 2.75) is 38.6 Å². The summed E-state index contributed by atoms with van der Waals surface area (Å²) in [5.74, 6) is -0.163. The van der Waals surface area contributed by atoms with E-state index in [9.17, 15) is 9.18 Å². The Bertz CT molecular complexity index is 259. The lowest BCUT2D eigenvalue weighted by atomic mass is 9.79. The summed E-state index contributed by atoms with van der Waals surface area (Å²) in [4.78, 5) is 15.0. The van der Waals surface area contributed by atoms with Gasteiger partial charge in [-0.05, 0) is 26.2 Å². The second kappa shape index (κ2) is 4.06. The highest BCUT2D eigenvalue weighted by molar-refractivity contribution is 7.18. The zero-order valence-electron chi connectivity index (χ0n) is 8.83. The number of rotatable bonds is 2. The molecular formula is C10H17FNOP. The molecule has 0 aromatic carbocycles. The van der Waals surface area contributed by atoms with Crippen molar-refractivity contribution in [3.8, 4) is 0 Å². The Morgan fingerprint density at radius 3 is 2.71 bits per heavy atom. The predicted molar refractivity (Wildman–Crippen MR) is 59.5 cm³/mol. The van der Waals surface area contributed by atoms with Gasteiger partial charge in [-0.15, -0.1) is 0 Å². The SMILES string of the molecule is CC1=NC(C=O)C(C(C)(F)P)C(C)C1. The number of halogens is 1. The maximum atomic E-state index is 13.8. The van der Waals surface area contributed by atoms with Crippen LogP contribution in [0.25, 0.3) is 0 Å². The molecular weight excluding hydrogens is 200 g/mol. The molecule has 0 saturated heterocycles. The van der Waals surface area contributed by atoms with Gasteiger partial charge in [0.25, 0.3) is 0 Å². The third-order valence-electron chi connectivity index (χ3n) is 2.76. The van der Waals surface area contributed by atoms with Gasteiger partial charge in [0, 0.05) is 11.6 Å². The summed E-state index contributed by atoms with van der Waals surface area (Å²) >= 11 is 0. The molecule has 0 amide bonds. The van der Waals surface area contributed by atoms with Gasteiger partial charge < -0.3 is 4.79 Å². The molecule has 80 valence electrons. The van der Waals surface area contributed by atoms with E-state index in [1.54, 1.807) is 0 Å². The highest BCUT2D eigenvalue weighted by atomic mass is 31.0. The number of hydrogen-bond acceptors (Lipinski definition) is 2. The molecule has 2 nitrogen and oxygen atoms in total. The summed E-state index contributed by atoms with van der Waals surface area (Å²) in [5, 5.41) is -1.42. The third kappa shape index (κ3) is 2.38. The van der Waals surface area contributed by atoms with Gasteiger partial charge >= 0.3 is 0 Å². The van der Waals surface area contributed by atoms with Crippen LogP contribution < -0.4 is 0 Å². The van der Waals surface area contributed by atoms with Crippen molar-refractivity contribution in [1.82, 2.24) is 0 Å². The first-order chi connectivity index (χ1) is 6.36. The van der Waals surface area contributed by atoms with Crippen molar-refractivity contribution in [1.29, 1.82) is 0 Å². The number of aldehydes is 1. The molecule has 14 heavy (non-hydrogen) atoms. The Labute approximate surface area is 86.6 Å². The maximum Gasteiger partial charge on any atom is 0.144 e. The van der Waals surface area contributed by atoms with Crippen LogP contribution in [-0.4, -0.2) is 23.4 Å². The highest BCUT2D eigenvalue weighted by Crippen LogP contribution is 2.41. The molecule has 0 aromatic rings. The average Bonchev–Trinajstić information content (AvgIpc) is 1.99. The number of nitrogens with zero attached hydrogens (tertiary/aromatic N) is 1. The standard InChI is InChI=1S/C10H17FNOP/c1-6-4-7(2)12-8(5-13)9(6)10(3,11)14/h5-6,8-9H,4,14H2,1-3H3. The van der Waals surface area contributed by atoms with E-state index in [-0.39, 0.29) is 11.8 Å². The zero-order valence-corrected chi connectivity index (χ0v) is 9.98. The number of carbonyl (C=O) groups is 1. The van der Waals surface area contributed by atoms with Gasteiger partial charge in [-0.25, -0.2) is 4.39 Å². The first-order valence-corrected chi connectivity index (χ1v) is 5.40. The average molecular weight is 217 g/mol. The summed E-state index contributed by atoms with van der Waals surface area (Å²) in [7, 11) is 2.18. The van der Waals surface area contributed by atoms with E-state index in [2.05, 4.69) is 14.2 Å². The summed E-state index contributed by atoms with van der Waals surface area (Å²) in [6.07, 6.45) is 1.54. The first-order valence-electron chi connectivity index (χ1n) is 4.82. The van der Waals surface area contributed by atoms with Crippen LogP contribution in [0.2, 0.25) is 0 Å². The molecule has 0 radical (unpaired) electrons. The number of carbonyl (C=O) groups excluding carboxylic acids is 1. The summed E-state index contributed by atoms with van der Waals surface area (Å²) < 4.78 is 13.8. The van der Waals surface area contributed by atoms with Crippen molar-refractivity contribution in [2.24, 2.45) is 16.8 Å². The monoisotopic (exact) mass is 217 g/mol. The smallest absolute Gasteiger partial charge is 0.144 e. The summed E-state index contributed by atoms with van der Waals surface area (Å²) in [6.45, 7) is 5.36. The normalized spacial score (nSPS) is 37.2. The fourth-order valence-electron chi connectivity index (χ4n) is 2.32. The van der Waals surface area contributed by atoms with Crippen LogP contribution in [0.3, 0.4) is 0 Å². The van der Waals surface area contributed by atoms with Gasteiger partial charge in [-0.1, -0.05) is 16.2 Å². The van der Waals surface area contributed by atoms with Crippen molar-refractivity contribution in [2.75, 3.05) is 0 Å². The Balaban J connectivity index is 2.98. The molecule has 1 heterocycles. The van der Waals surface area contributed by atoms with Crippen LogP contribution in [0.4, 0.5) is 4.39 Å². The molecule has 0 fully saturated rings. The molecule has 0 N–H and O–H groups in total. The molecule has 0 saturated carbocycles. The largest absolute Gasteiger partial charge is 0.301 e. The van der Waals surface area contributed by atoms with Crippen molar-refractivity contribution in [3.05, 3.63) is 0 Å². The second-order valence-corrected chi connectivity index (χ2v) is 5.48. The van der Waals surface area contributed by atoms with Crippen molar-refractivity contribution in [3.63, 3.8) is 0 Å². The molecule has 5 unspecified atom stereocenters. The molecule has 4 heteroatoms. The van der Waals surface area contributed by atoms with E-state index in [1.807, 2.05) is 13.8 Å². The van der Waals surface area contributed by atoms with Gasteiger partial charge in [-0.2, -0.15) is 0 Å². The highest BCUT2D eigenvalue weighted by Gasteiger charge is 2.41. The Kier molecular flexibility index (Phi) is 3.41. The van der Waals surface area contributed by atoms with E-state index in [1.165, 1.54) is 6.92 Å². The summed E-state index contributed by atoms with van der Waals surface area (Å²) in [6, 6.07) is -0.522. The van der Waals surface area contributed by atoms with Crippen molar-refractivity contribution >= 4 is 21.2 Å². The van der Waals surface area contributed by atoms with Crippen LogP contribution >= 0.6 is 9.24 Å². The van der Waals surface area contributed by atoms with Crippen LogP contribution in [0.15, 0.2) is 4.99 Å². The molecule has 0 spiro atoms. The Morgan fingerprint density at radius 1 is 1.71 bits per heavy atom. The van der Waals surface area contributed by atoms with E-state index in [4.69, 9.17) is 0 Å². The molecule has 1 aliphatic heterocycles. The lowest BCUT2D eigenvalue weighted by molar-refractivity contribution is -0.111. The predicted octanol–water partition coefficient (Wildman–Crippen LogP) is 2.23. The fraction of sp³-hybridized carbons (Fsp3) is 0.800. The summed E-state index contributed by atoms with van der Waals surface area (Å²) in [5.41, 5.74) is 0.945. The van der Waals surface area contributed by atoms with Crippen LogP contribution in [0.5, 0.6) is 0 Å². The van der Waals surface area contributed by atoms with Crippen LogP contribution in [0, 0.1) is 11.8 Å². The maximum absolute atomic E-state index is 13.8. The van der Waals surface area contributed by atoms with Gasteiger partial charge in [-0.3, -0.25) is 4.99 Å². The fourth-order valence-corrected chi connectivity index (χ4v) is 2.85. The third-order valence-corrected chi connectivity index (χ3v) is 3.14. The van der Waals surface area contributed by atoms with Crippen molar-refractivity contribution < 1.29 is 9.18 Å². The van der Waals surface area contributed by atoms with Crippen LogP contribution in [-0.2, 0) is 4.79 Å². The van der Waals surface area contributed by atoms with Gasteiger partial charge in [0.1, 0.15) is 17.7 Å². The van der Waals surface area contributed by atoms with E-state index < -0.39 is 11.5 Å². The Hall–Kier alpha value is -0.300. The van der Waals surface area contributed by atoms with E-state index in [0.29, 0.717) is 0 Å². The van der Waals surface area contributed by atoms with Gasteiger partial charge in [0.05, 0.1) is 0 Å². The topological polar surface area (TPSA) is 29.4 Å². The van der Waals surface area contributed by atoms with E-state index >= 15 is 0 Å². The zero-order chi connectivity index (χ0) is 10.9. The lowest BCUT2D eigenvalue weighted by Crippen LogP contribution is -2.42. The number of aliphatic imine (C=N–C) groups is 1. The molecule has 0 bridgehead atoms. The first kappa shape index (κ1) is 11.8. The quantitative estimate of drug-likeness (QED) is 0.515. The molecule has 1 aliphatic rings. The van der Waals surface area contributed by atoms with Gasteiger partial charge in [0.2, 0.25) is 0 Å². The molecule has 5 atom stereocenters. The lowest BCUT2D eigenvalue weighted by Gasteiger charge is -2.37. The minimum absolute atomic E-state index is 0.162.